The van der Waals surface area contributed by atoms with Gasteiger partial charge in [-0.2, -0.15) is 0 Å². The van der Waals surface area contributed by atoms with Crippen LogP contribution in [0.4, 0.5) is 0 Å². The topological polar surface area (TPSA) is 55.1 Å². The first-order valence-electron chi connectivity index (χ1n) is 6.85. The molecule has 4 nitrogen and oxygen atoms in total. The summed E-state index contributed by atoms with van der Waals surface area (Å²) in [5.74, 6) is 0.155. The highest BCUT2D eigenvalue weighted by Gasteiger charge is 2.20. The van der Waals surface area contributed by atoms with Crippen molar-refractivity contribution in [3.63, 3.8) is 0 Å². The molecule has 0 aliphatic heterocycles. The fourth-order valence-corrected chi connectivity index (χ4v) is 2.77. The van der Waals surface area contributed by atoms with Crippen LogP contribution < -0.4 is 5.32 Å². The van der Waals surface area contributed by atoms with E-state index >= 15 is 0 Å². The average Bonchev–Trinajstić information content (AvgIpc) is 3.12. The Morgan fingerprint density at radius 1 is 1.24 bits per heavy atom. The smallest absolute Gasteiger partial charge is 0.273 e. The number of nitrogens with one attached hydrogen (secondary N) is 1. The maximum Gasteiger partial charge on any atom is 0.273 e. The molecule has 21 heavy (non-hydrogen) atoms. The molecular formula is C15H14Cl2N2O2. The second kappa shape index (κ2) is 6.08. The SMILES string of the molecule is O=C(NC1CCCC1)c1coc(-c2ccc(Cl)c(Cl)c2)n1. The van der Waals surface area contributed by atoms with Crippen molar-refractivity contribution in [2.75, 3.05) is 0 Å². The second-order valence-electron chi connectivity index (χ2n) is 5.12. The van der Waals surface area contributed by atoms with Gasteiger partial charge in [0.15, 0.2) is 5.69 Å². The quantitative estimate of drug-likeness (QED) is 0.914. The summed E-state index contributed by atoms with van der Waals surface area (Å²) in [6.07, 6.45) is 5.76. The minimum atomic E-state index is -0.197. The lowest BCUT2D eigenvalue weighted by atomic mass is 10.2. The van der Waals surface area contributed by atoms with Gasteiger partial charge in [-0.25, -0.2) is 4.98 Å². The standard InChI is InChI=1S/C15H14Cl2N2O2/c16-11-6-5-9(7-12(11)17)15-19-13(8-21-15)14(20)18-10-3-1-2-4-10/h5-8,10H,1-4H2,(H,18,20). The largest absolute Gasteiger partial charge is 0.444 e. The molecule has 1 amide bonds. The van der Waals surface area contributed by atoms with Crippen LogP contribution >= 0.6 is 23.2 Å². The minimum absolute atomic E-state index is 0.197. The van der Waals surface area contributed by atoms with E-state index in [9.17, 15) is 4.79 Å². The molecule has 1 heterocycles. The summed E-state index contributed by atoms with van der Waals surface area (Å²) in [5, 5.41) is 3.86. The number of carbonyl (C=O) groups excluding carboxylic acids is 1. The summed E-state index contributed by atoms with van der Waals surface area (Å²) in [5.41, 5.74) is 0.965. The number of hydrogen-bond donors (Lipinski definition) is 1. The van der Waals surface area contributed by atoms with Gasteiger partial charge in [-0.3, -0.25) is 4.79 Å². The lowest BCUT2D eigenvalue weighted by Gasteiger charge is -2.09. The number of aromatic nitrogens is 1. The Hall–Kier alpha value is -1.52. The molecule has 0 bridgehead atoms. The van der Waals surface area contributed by atoms with Crippen LogP contribution in [0.5, 0.6) is 0 Å². The van der Waals surface area contributed by atoms with Gasteiger partial charge in [-0.15, -0.1) is 0 Å². The summed E-state index contributed by atoms with van der Waals surface area (Å²) in [4.78, 5) is 16.3. The molecule has 1 aromatic heterocycles. The number of oxazole rings is 1. The van der Waals surface area contributed by atoms with Gasteiger partial charge < -0.3 is 9.73 Å². The zero-order valence-corrected chi connectivity index (χ0v) is 12.7. The Balaban J connectivity index is 1.75. The van der Waals surface area contributed by atoms with Gasteiger partial charge in [-0.1, -0.05) is 36.0 Å². The summed E-state index contributed by atoms with van der Waals surface area (Å²) >= 11 is 11.8. The van der Waals surface area contributed by atoms with Gasteiger partial charge in [0.2, 0.25) is 5.89 Å². The Labute approximate surface area is 132 Å². The fourth-order valence-electron chi connectivity index (χ4n) is 2.47. The predicted molar refractivity (Wildman–Crippen MR) is 81.7 cm³/mol. The highest BCUT2D eigenvalue weighted by atomic mass is 35.5. The van der Waals surface area contributed by atoms with Crippen molar-refractivity contribution in [1.29, 1.82) is 0 Å². The van der Waals surface area contributed by atoms with Crippen LogP contribution in [0.15, 0.2) is 28.9 Å². The van der Waals surface area contributed by atoms with Crippen LogP contribution in [-0.2, 0) is 0 Å². The van der Waals surface area contributed by atoms with Crippen LogP contribution in [-0.4, -0.2) is 16.9 Å². The number of carbonyl (C=O) groups is 1. The third kappa shape index (κ3) is 3.22. The van der Waals surface area contributed by atoms with Crippen molar-refractivity contribution in [1.82, 2.24) is 10.3 Å². The molecule has 0 spiro atoms. The van der Waals surface area contributed by atoms with Crippen molar-refractivity contribution in [2.24, 2.45) is 0 Å². The third-order valence-electron chi connectivity index (χ3n) is 3.59. The van der Waals surface area contributed by atoms with E-state index in [1.54, 1.807) is 18.2 Å². The van der Waals surface area contributed by atoms with E-state index in [-0.39, 0.29) is 17.6 Å². The molecule has 1 aliphatic rings. The van der Waals surface area contributed by atoms with E-state index in [4.69, 9.17) is 27.6 Å². The number of rotatable bonds is 3. The van der Waals surface area contributed by atoms with E-state index in [0.29, 0.717) is 21.5 Å². The van der Waals surface area contributed by atoms with E-state index < -0.39 is 0 Å². The molecule has 6 heteroatoms. The third-order valence-corrected chi connectivity index (χ3v) is 4.33. The summed E-state index contributed by atoms with van der Waals surface area (Å²) in [6.45, 7) is 0. The molecule has 0 unspecified atom stereocenters. The average molecular weight is 325 g/mol. The molecule has 1 saturated carbocycles. The van der Waals surface area contributed by atoms with Crippen molar-refractivity contribution in [3.8, 4) is 11.5 Å². The van der Waals surface area contributed by atoms with Crippen molar-refractivity contribution in [3.05, 3.63) is 40.2 Å². The monoisotopic (exact) mass is 324 g/mol. The molecular weight excluding hydrogens is 311 g/mol. The van der Waals surface area contributed by atoms with E-state index in [1.165, 1.54) is 6.26 Å². The molecule has 1 aliphatic carbocycles. The molecule has 1 fully saturated rings. The second-order valence-corrected chi connectivity index (χ2v) is 5.94. The van der Waals surface area contributed by atoms with Gasteiger partial charge in [-0.05, 0) is 31.0 Å². The Bertz CT molecular complexity index is 663. The lowest BCUT2D eigenvalue weighted by Crippen LogP contribution is -2.32. The molecule has 2 aromatic rings. The van der Waals surface area contributed by atoms with Crippen LogP contribution in [0, 0.1) is 0 Å². The maximum atomic E-state index is 12.1. The van der Waals surface area contributed by atoms with Crippen LogP contribution in [0.1, 0.15) is 36.2 Å². The van der Waals surface area contributed by atoms with Crippen LogP contribution in [0.2, 0.25) is 10.0 Å². The highest BCUT2D eigenvalue weighted by molar-refractivity contribution is 6.42. The molecule has 0 saturated heterocycles. The molecule has 0 radical (unpaired) electrons. The van der Waals surface area contributed by atoms with Gasteiger partial charge >= 0.3 is 0 Å². The Kier molecular flexibility index (Phi) is 4.17. The number of benzene rings is 1. The highest BCUT2D eigenvalue weighted by Crippen LogP contribution is 2.28. The first-order chi connectivity index (χ1) is 10.1. The van der Waals surface area contributed by atoms with Gasteiger partial charge in [0.1, 0.15) is 6.26 Å². The van der Waals surface area contributed by atoms with E-state index in [0.717, 1.165) is 25.7 Å². The summed E-state index contributed by atoms with van der Waals surface area (Å²) < 4.78 is 5.36. The van der Waals surface area contributed by atoms with Crippen LogP contribution in [0.3, 0.4) is 0 Å². The normalized spacial score (nSPS) is 15.3. The molecule has 0 atom stereocenters. The summed E-state index contributed by atoms with van der Waals surface area (Å²) in [6, 6.07) is 5.33. The lowest BCUT2D eigenvalue weighted by molar-refractivity contribution is 0.0933. The first-order valence-corrected chi connectivity index (χ1v) is 7.61. The first kappa shape index (κ1) is 14.4. The van der Waals surface area contributed by atoms with E-state index in [2.05, 4.69) is 10.3 Å². The van der Waals surface area contributed by atoms with Crippen molar-refractivity contribution in [2.45, 2.75) is 31.7 Å². The maximum absolute atomic E-state index is 12.1. The van der Waals surface area contributed by atoms with Gasteiger partial charge in [0, 0.05) is 11.6 Å². The molecule has 1 aromatic carbocycles. The van der Waals surface area contributed by atoms with Gasteiger partial charge in [0.05, 0.1) is 10.0 Å². The Morgan fingerprint density at radius 3 is 2.71 bits per heavy atom. The number of halogens is 2. The zero-order valence-electron chi connectivity index (χ0n) is 11.2. The van der Waals surface area contributed by atoms with E-state index in [1.807, 2.05) is 0 Å². The number of nitrogens with zero attached hydrogens (tertiary/aromatic N) is 1. The number of hydrogen-bond acceptors (Lipinski definition) is 3. The van der Waals surface area contributed by atoms with Crippen molar-refractivity contribution >= 4 is 29.1 Å². The van der Waals surface area contributed by atoms with Crippen molar-refractivity contribution < 1.29 is 9.21 Å². The molecule has 110 valence electrons. The molecule has 3 rings (SSSR count). The van der Waals surface area contributed by atoms with Gasteiger partial charge in [0.25, 0.3) is 5.91 Å². The fraction of sp³-hybridized carbons (Fsp3) is 0.333. The number of amides is 1. The zero-order chi connectivity index (χ0) is 14.8. The Morgan fingerprint density at radius 2 is 2.00 bits per heavy atom. The minimum Gasteiger partial charge on any atom is -0.444 e. The van der Waals surface area contributed by atoms with Crippen LogP contribution in [0.25, 0.3) is 11.5 Å². The summed E-state index contributed by atoms with van der Waals surface area (Å²) in [7, 11) is 0. The molecule has 1 N–H and O–H groups in total. The predicted octanol–water partition coefficient (Wildman–Crippen LogP) is 4.32.